The lowest BCUT2D eigenvalue weighted by Gasteiger charge is -2.16. The standard InChI is InChI=1S/C23H23N3O3/c1-16(24-19-7-6-8-20(15-19)25-17(2)27)23(28)26-18-11-13-22(14-12-18)29-21-9-4-3-5-10-21/h3-16,24H,1-2H3,(H,25,27)(H,26,28). The highest BCUT2D eigenvalue weighted by Crippen LogP contribution is 2.23. The molecule has 0 fully saturated rings. The Morgan fingerprint density at radius 1 is 0.759 bits per heavy atom. The Balaban J connectivity index is 1.56. The monoisotopic (exact) mass is 389 g/mol. The van der Waals surface area contributed by atoms with Crippen LogP contribution in [-0.2, 0) is 9.59 Å². The minimum Gasteiger partial charge on any atom is -0.457 e. The molecule has 6 heteroatoms. The molecule has 3 N–H and O–H groups in total. The lowest BCUT2D eigenvalue weighted by Crippen LogP contribution is -2.31. The highest BCUT2D eigenvalue weighted by atomic mass is 16.5. The predicted molar refractivity (Wildman–Crippen MR) is 115 cm³/mol. The maximum atomic E-state index is 12.5. The van der Waals surface area contributed by atoms with Crippen molar-refractivity contribution in [2.45, 2.75) is 19.9 Å². The van der Waals surface area contributed by atoms with Gasteiger partial charge in [0.2, 0.25) is 11.8 Å². The molecule has 3 aromatic rings. The molecule has 0 heterocycles. The van der Waals surface area contributed by atoms with E-state index in [0.717, 1.165) is 11.4 Å². The molecule has 6 nitrogen and oxygen atoms in total. The van der Waals surface area contributed by atoms with E-state index in [-0.39, 0.29) is 11.8 Å². The topological polar surface area (TPSA) is 79.5 Å². The number of carbonyl (C=O) groups excluding carboxylic acids is 2. The van der Waals surface area contributed by atoms with Crippen molar-refractivity contribution >= 4 is 28.9 Å². The van der Waals surface area contributed by atoms with Crippen LogP contribution in [-0.4, -0.2) is 17.9 Å². The number of para-hydroxylation sites is 1. The fourth-order valence-electron chi connectivity index (χ4n) is 2.69. The lowest BCUT2D eigenvalue weighted by molar-refractivity contribution is -0.116. The lowest BCUT2D eigenvalue weighted by atomic mass is 10.2. The van der Waals surface area contributed by atoms with Crippen molar-refractivity contribution in [1.29, 1.82) is 0 Å². The molecule has 0 radical (unpaired) electrons. The second-order valence-electron chi connectivity index (χ2n) is 6.56. The zero-order valence-corrected chi connectivity index (χ0v) is 16.3. The number of anilines is 3. The average Bonchev–Trinajstić information content (AvgIpc) is 2.70. The molecule has 0 spiro atoms. The summed E-state index contributed by atoms with van der Waals surface area (Å²) in [5, 5.41) is 8.72. The SMILES string of the molecule is CC(=O)Nc1cccc(NC(C)C(=O)Nc2ccc(Oc3ccccc3)cc2)c1. The van der Waals surface area contributed by atoms with Crippen LogP contribution in [0.5, 0.6) is 11.5 Å². The predicted octanol–water partition coefficient (Wildman–Crippen LogP) is 4.88. The van der Waals surface area contributed by atoms with Crippen molar-refractivity contribution in [3.05, 3.63) is 78.9 Å². The number of ether oxygens (including phenoxy) is 1. The van der Waals surface area contributed by atoms with E-state index in [1.54, 1.807) is 43.3 Å². The molecule has 3 aromatic carbocycles. The quantitative estimate of drug-likeness (QED) is 0.538. The zero-order valence-electron chi connectivity index (χ0n) is 16.3. The summed E-state index contributed by atoms with van der Waals surface area (Å²) in [5.74, 6) is 1.12. The van der Waals surface area contributed by atoms with Gasteiger partial charge < -0.3 is 20.7 Å². The summed E-state index contributed by atoms with van der Waals surface area (Å²) in [5.41, 5.74) is 2.09. The van der Waals surface area contributed by atoms with Crippen molar-refractivity contribution in [3.8, 4) is 11.5 Å². The van der Waals surface area contributed by atoms with E-state index in [9.17, 15) is 9.59 Å². The molecule has 2 amide bonds. The highest BCUT2D eigenvalue weighted by Gasteiger charge is 2.13. The van der Waals surface area contributed by atoms with Gasteiger partial charge in [-0.25, -0.2) is 0 Å². The van der Waals surface area contributed by atoms with Gasteiger partial charge in [-0.05, 0) is 61.5 Å². The maximum absolute atomic E-state index is 12.5. The summed E-state index contributed by atoms with van der Waals surface area (Å²) < 4.78 is 5.75. The number of hydrogen-bond donors (Lipinski definition) is 3. The number of benzene rings is 3. The molecule has 0 aliphatic carbocycles. The van der Waals surface area contributed by atoms with Gasteiger partial charge in [0.25, 0.3) is 0 Å². The van der Waals surface area contributed by atoms with Crippen molar-refractivity contribution in [2.24, 2.45) is 0 Å². The average molecular weight is 389 g/mol. The van der Waals surface area contributed by atoms with E-state index >= 15 is 0 Å². The van der Waals surface area contributed by atoms with Crippen LogP contribution in [0.25, 0.3) is 0 Å². The first-order valence-electron chi connectivity index (χ1n) is 9.27. The molecule has 148 valence electrons. The Kier molecular flexibility index (Phi) is 6.47. The molecule has 1 unspecified atom stereocenters. The van der Waals surface area contributed by atoms with E-state index < -0.39 is 6.04 Å². The van der Waals surface area contributed by atoms with E-state index in [2.05, 4.69) is 16.0 Å². The molecule has 0 saturated carbocycles. The van der Waals surface area contributed by atoms with E-state index in [0.29, 0.717) is 17.1 Å². The van der Waals surface area contributed by atoms with Gasteiger partial charge in [-0.2, -0.15) is 0 Å². The molecular weight excluding hydrogens is 366 g/mol. The molecule has 0 aromatic heterocycles. The van der Waals surface area contributed by atoms with Crippen molar-refractivity contribution in [3.63, 3.8) is 0 Å². The van der Waals surface area contributed by atoms with Crippen LogP contribution >= 0.6 is 0 Å². The van der Waals surface area contributed by atoms with Crippen LogP contribution in [0, 0.1) is 0 Å². The van der Waals surface area contributed by atoms with Gasteiger partial charge in [-0.1, -0.05) is 24.3 Å². The summed E-state index contributed by atoms with van der Waals surface area (Å²) >= 11 is 0. The van der Waals surface area contributed by atoms with Crippen LogP contribution in [0.15, 0.2) is 78.9 Å². The van der Waals surface area contributed by atoms with Crippen LogP contribution in [0.3, 0.4) is 0 Å². The first-order valence-corrected chi connectivity index (χ1v) is 9.27. The van der Waals surface area contributed by atoms with Crippen molar-refractivity contribution in [2.75, 3.05) is 16.0 Å². The first-order chi connectivity index (χ1) is 14.0. The molecule has 3 rings (SSSR count). The molecule has 29 heavy (non-hydrogen) atoms. The molecule has 0 aliphatic heterocycles. The van der Waals surface area contributed by atoms with E-state index in [4.69, 9.17) is 4.74 Å². The smallest absolute Gasteiger partial charge is 0.246 e. The fourth-order valence-corrected chi connectivity index (χ4v) is 2.69. The second kappa shape index (κ2) is 9.41. The van der Waals surface area contributed by atoms with E-state index in [1.165, 1.54) is 6.92 Å². The van der Waals surface area contributed by atoms with Gasteiger partial charge >= 0.3 is 0 Å². The van der Waals surface area contributed by atoms with Gasteiger partial charge in [-0.3, -0.25) is 9.59 Å². The largest absolute Gasteiger partial charge is 0.457 e. The Morgan fingerprint density at radius 2 is 1.41 bits per heavy atom. The van der Waals surface area contributed by atoms with E-state index in [1.807, 2.05) is 42.5 Å². The number of amides is 2. The molecule has 0 aliphatic rings. The summed E-state index contributed by atoms with van der Waals surface area (Å²) in [7, 11) is 0. The third kappa shape index (κ3) is 6.10. The molecule has 1 atom stereocenters. The van der Waals surface area contributed by atoms with Crippen LogP contribution < -0.4 is 20.7 Å². The molecular formula is C23H23N3O3. The summed E-state index contributed by atoms with van der Waals surface area (Å²) in [6, 6.07) is 23.4. The van der Waals surface area contributed by atoms with Crippen molar-refractivity contribution in [1.82, 2.24) is 0 Å². The fraction of sp³-hybridized carbons (Fsp3) is 0.130. The zero-order chi connectivity index (χ0) is 20.6. The maximum Gasteiger partial charge on any atom is 0.246 e. The normalized spacial score (nSPS) is 11.2. The second-order valence-corrected chi connectivity index (χ2v) is 6.56. The van der Waals surface area contributed by atoms with Gasteiger partial charge in [0, 0.05) is 24.0 Å². The van der Waals surface area contributed by atoms with Crippen LogP contribution in [0.2, 0.25) is 0 Å². The van der Waals surface area contributed by atoms with Gasteiger partial charge in [0.05, 0.1) is 0 Å². The van der Waals surface area contributed by atoms with Gasteiger partial charge in [-0.15, -0.1) is 0 Å². The van der Waals surface area contributed by atoms with Gasteiger partial charge in [0.1, 0.15) is 17.5 Å². The number of hydrogen-bond acceptors (Lipinski definition) is 4. The van der Waals surface area contributed by atoms with Crippen LogP contribution in [0.4, 0.5) is 17.1 Å². The molecule has 0 saturated heterocycles. The minimum atomic E-state index is -0.470. The third-order valence-electron chi connectivity index (χ3n) is 4.06. The molecule has 0 bridgehead atoms. The number of nitrogens with one attached hydrogen (secondary N) is 3. The Morgan fingerprint density at radius 3 is 2.10 bits per heavy atom. The summed E-state index contributed by atoms with van der Waals surface area (Å²) in [6.45, 7) is 3.22. The van der Waals surface area contributed by atoms with Crippen molar-refractivity contribution < 1.29 is 14.3 Å². The Hall–Kier alpha value is -3.80. The summed E-state index contributed by atoms with van der Waals surface area (Å²) in [4.78, 5) is 23.7. The Bertz CT molecular complexity index is 972. The number of rotatable bonds is 7. The van der Waals surface area contributed by atoms with Crippen LogP contribution in [0.1, 0.15) is 13.8 Å². The third-order valence-corrected chi connectivity index (χ3v) is 4.06. The Labute approximate surface area is 169 Å². The number of carbonyl (C=O) groups is 2. The van der Waals surface area contributed by atoms with Gasteiger partial charge in [0.15, 0.2) is 0 Å². The highest BCUT2D eigenvalue weighted by molar-refractivity contribution is 5.96. The summed E-state index contributed by atoms with van der Waals surface area (Å²) in [6.07, 6.45) is 0. The first kappa shape index (κ1) is 19.9. The minimum absolute atomic E-state index is 0.146.